The zero-order chi connectivity index (χ0) is 14.9. The Morgan fingerprint density at radius 1 is 1.18 bits per heavy atom. The predicted molar refractivity (Wildman–Crippen MR) is 86.9 cm³/mol. The second-order valence-corrected chi connectivity index (χ2v) is 5.68. The SMILES string of the molecule is O=C(c1ccc2c(c1)NCCO2)N1CCCc2ccccc21. The van der Waals surface area contributed by atoms with Gasteiger partial charge in [0.1, 0.15) is 12.4 Å². The molecule has 0 spiro atoms. The molecule has 2 aliphatic rings. The first kappa shape index (κ1) is 13.2. The van der Waals surface area contributed by atoms with E-state index in [1.807, 2.05) is 41.3 Å². The van der Waals surface area contributed by atoms with E-state index in [2.05, 4.69) is 11.4 Å². The third-order valence-corrected chi connectivity index (χ3v) is 4.26. The maximum atomic E-state index is 12.9. The van der Waals surface area contributed by atoms with E-state index in [1.165, 1.54) is 5.56 Å². The molecule has 0 radical (unpaired) electrons. The zero-order valence-corrected chi connectivity index (χ0v) is 12.3. The van der Waals surface area contributed by atoms with Gasteiger partial charge < -0.3 is 15.0 Å². The summed E-state index contributed by atoms with van der Waals surface area (Å²) in [5.74, 6) is 0.879. The van der Waals surface area contributed by atoms with Crippen molar-refractivity contribution < 1.29 is 9.53 Å². The van der Waals surface area contributed by atoms with Crippen LogP contribution in [0, 0.1) is 0 Å². The van der Waals surface area contributed by atoms with E-state index < -0.39 is 0 Å². The molecule has 2 heterocycles. The van der Waals surface area contributed by atoms with Gasteiger partial charge in [0.05, 0.1) is 5.69 Å². The minimum absolute atomic E-state index is 0.0577. The molecule has 4 rings (SSSR count). The maximum Gasteiger partial charge on any atom is 0.258 e. The summed E-state index contributed by atoms with van der Waals surface area (Å²) in [6, 6.07) is 13.8. The summed E-state index contributed by atoms with van der Waals surface area (Å²) >= 11 is 0. The fourth-order valence-electron chi connectivity index (χ4n) is 3.17. The number of anilines is 2. The molecule has 0 atom stereocenters. The van der Waals surface area contributed by atoms with Gasteiger partial charge in [0.25, 0.3) is 5.91 Å². The van der Waals surface area contributed by atoms with Crippen molar-refractivity contribution in [1.82, 2.24) is 0 Å². The van der Waals surface area contributed by atoms with Crippen molar-refractivity contribution in [1.29, 1.82) is 0 Å². The van der Waals surface area contributed by atoms with Crippen LogP contribution in [0.3, 0.4) is 0 Å². The highest BCUT2D eigenvalue weighted by Gasteiger charge is 2.24. The van der Waals surface area contributed by atoms with Crippen molar-refractivity contribution in [2.24, 2.45) is 0 Å². The van der Waals surface area contributed by atoms with Crippen molar-refractivity contribution in [2.75, 3.05) is 29.9 Å². The fraction of sp³-hybridized carbons (Fsp3) is 0.278. The number of amides is 1. The zero-order valence-electron chi connectivity index (χ0n) is 12.3. The molecular weight excluding hydrogens is 276 g/mol. The highest BCUT2D eigenvalue weighted by Crippen LogP contribution is 2.31. The molecule has 0 saturated carbocycles. The van der Waals surface area contributed by atoms with Crippen molar-refractivity contribution in [3.8, 4) is 5.75 Å². The predicted octanol–water partition coefficient (Wildman–Crippen LogP) is 3.08. The average molecular weight is 294 g/mol. The Morgan fingerprint density at radius 2 is 2.09 bits per heavy atom. The van der Waals surface area contributed by atoms with Crippen LogP contribution in [-0.2, 0) is 6.42 Å². The highest BCUT2D eigenvalue weighted by molar-refractivity contribution is 6.07. The van der Waals surface area contributed by atoms with Gasteiger partial charge in [0.2, 0.25) is 0 Å². The van der Waals surface area contributed by atoms with E-state index in [4.69, 9.17) is 4.74 Å². The van der Waals surface area contributed by atoms with Crippen molar-refractivity contribution >= 4 is 17.3 Å². The molecule has 0 unspecified atom stereocenters. The smallest absolute Gasteiger partial charge is 0.258 e. The monoisotopic (exact) mass is 294 g/mol. The lowest BCUT2D eigenvalue weighted by Crippen LogP contribution is -2.35. The lowest BCUT2D eigenvalue weighted by Gasteiger charge is -2.30. The van der Waals surface area contributed by atoms with E-state index >= 15 is 0 Å². The number of fused-ring (bicyclic) bond motifs is 2. The summed E-state index contributed by atoms with van der Waals surface area (Å²) in [6.07, 6.45) is 2.05. The van der Waals surface area contributed by atoms with Gasteiger partial charge in [-0.3, -0.25) is 4.79 Å². The van der Waals surface area contributed by atoms with Gasteiger partial charge in [-0.2, -0.15) is 0 Å². The molecule has 2 aromatic rings. The molecule has 2 aromatic carbocycles. The van der Waals surface area contributed by atoms with E-state index in [0.29, 0.717) is 12.2 Å². The standard InChI is InChI=1S/C18H18N2O2/c21-18(14-7-8-17-15(12-14)19-9-11-22-17)20-10-3-5-13-4-1-2-6-16(13)20/h1-2,4,6-8,12,19H,3,5,9-11H2. The number of carbonyl (C=O) groups excluding carboxylic acids is 1. The molecular formula is C18H18N2O2. The number of rotatable bonds is 1. The molecule has 1 N–H and O–H groups in total. The Bertz CT molecular complexity index is 727. The summed E-state index contributed by atoms with van der Waals surface area (Å²) in [6.45, 7) is 2.22. The van der Waals surface area contributed by atoms with Gasteiger partial charge >= 0.3 is 0 Å². The lowest BCUT2D eigenvalue weighted by molar-refractivity contribution is 0.0985. The molecule has 2 aliphatic heterocycles. The Balaban J connectivity index is 1.68. The van der Waals surface area contributed by atoms with E-state index in [0.717, 1.165) is 43.1 Å². The number of aryl methyl sites for hydroxylation is 1. The largest absolute Gasteiger partial charge is 0.490 e. The van der Waals surface area contributed by atoms with Gasteiger partial charge in [-0.05, 0) is 42.7 Å². The van der Waals surface area contributed by atoms with Crippen LogP contribution in [0.4, 0.5) is 11.4 Å². The van der Waals surface area contributed by atoms with Crippen LogP contribution in [0.5, 0.6) is 5.75 Å². The summed E-state index contributed by atoms with van der Waals surface area (Å²) < 4.78 is 5.57. The number of nitrogens with one attached hydrogen (secondary N) is 1. The summed E-state index contributed by atoms with van der Waals surface area (Å²) in [5.41, 5.74) is 3.90. The van der Waals surface area contributed by atoms with Crippen LogP contribution in [0.15, 0.2) is 42.5 Å². The van der Waals surface area contributed by atoms with Gasteiger partial charge in [-0.15, -0.1) is 0 Å². The van der Waals surface area contributed by atoms with Gasteiger partial charge in [-0.25, -0.2) is 0 Å². The highest BCUT2D eigenvalue weighted by atomic mass is 16.5. The van der Waals surface area contributed by atoms with Crippen molar-refractivity contribution in [3.63, 3.8) is 0 Å². The third kappa shape index (κ3) is 2.21. The number of para-hydroxylation sites is 1. The lowest BCUT2D eigenvalue weighted by atomic mass is 10.0. The Hall–Kier alpha value is -2.49. The first-order chi connectivity index (χ1) is 10.8. The minimum atomic E-state index is 0.0577. The fourth-order valence-corrected chi connectivity index (χ4v) is 3.17. The first-order valence-electron chi connectivity index (χ1n) is 7.73. The molecule has 22 heavy (non-hydrogen) atoms. The summed E-state index contributed by atoms with van der Waals surface area (Å²) in [4.78, 5) is 14.8. The molecule has 0 fully saturated rings. The third-order valence-electron chi connectivity index (χ3n) is 4.26. The average Bonchev–Trinajstić information content (AvgIpc) is 2.60. The van der Waals surface area contributed by atoms with E-state index in [1.54, 1.807) is 0 Å². The first-order valence-corrected chi connectivity index (χ1v) is 7.73. The topological polar surface area (TPSA) is 41.6 Å². The minimum Gasteiger partial charge on any atom is -0.490 e. The summed E-state index contributed by atoms with van der Waals surface area (Å²) in [7, 11) is 0. The number of hydrogen-bond acceptors (Lipinski definition) is 3. The number of hydrogen-bond donors (Lipinski definition) is 1. The van der Waals surface area contributed by atoms with Crippen molar-refractivity contribution in [2.45, 2.75) is 12.8 Å². The second-order valence-electron chi connectivity index (χ2n) is 5.68. The molecule has 0 aliphatic carbocycles. The quantitative estimate of drug-likeness (QED) is 0.879. The second kappa shape index (κ2) is 5.37. The Morgan fingerprint density at radius 3 is 3.05 bits per heavy atom. The Kier molecular flexibility index (Phi) is 3.22. The number of ether oxygens (including phenoxy) is 1. The molecule has 4 nitrogen and oxygen atoms in total. The van der Waals surface area contributed by atoms with Crippen LogP contribution >= 0.6 is 0 Å². The Labute approximate surface area is 129 Å². The molecule has 0 bridgehead atoms. The van der Waals surface area contributed by atoms with Gasteiger partial charge in [0, 0.05) is 24.3 Å². The number of benzene rings is 2. The summed E-state index contributed by atoms with van der Waals surface area (Å²) in [5, 5.41) is 3.28. The molecule has 0 aromatic heterocycles. The van der Waals surface area contributed by atoms with Gasteiger partial charge in [0.15, 0.2) is 0 Å². The van der Waals surface area contributed by atoms with Crippen molar-refractivity contribution in [3.05, 3.63) is 53.6 Å². The normalized spacial score (nSPS) is 16.1. The molecule has 0 saturated heterocycles. The van der Waals surface area contributed by atoms with Crippen LogP contribution in [0.25, 0.3) is 0 Å². The van der Waals surface area contributed by atoms with E-state index in [-0.39, 0.29) is 5.91 Å². The molecule has 1 amide bonds. The van der Waals surface area contributed by atoms with Gasteiger partial charge in [-0.1, -0.05) is 18.2 Å². The van der Waals surface area contributed by atoms with Crippen LogP contribution < -0.4 is 15.0 Å². The number of carbonyl (C=O) groups is 1. The van der Waals surface area contributed by atoms with Crippen LogP contribution in [-0.4, -0.2) is 25.6 Å². The van der Waals surface area contributed by atoms with E-state index in [9.17, 15) is 4.79 Å². The molecule has 112 valence electrons. The molecule has 4 heteroatoms. The number of nitrogens with zero attached hydrogens (tertiary/aromatic N) is 1. The van der Waals surface area contributed by atoms with Crippen LogP contribution in [0.2, 0.25) is 0 Å². The maximum absolute atomic E-state index is 12.9. The van der Waals surface area contributed by atoms with Crippen LogP contribution in [0.1, 0.15) is 22.3 Å².